The molecule has 0 aromatic heterocycles. The minimum Gasteiger partial charge on any atom is -0.350 e. The highest BCUT2D eigenvalue weighted by Gasteiger charge is 2.51. The van der Waals surface area contributed by atoms with Crippen molar-refractivity contribution >= 4 is 17.3 Å². The molecule has 1 aliphatic heterocycles. The standard InChI is InChI=1S/C14H23N3S/c18-13-15-8-17(9-16-13)7-14-4-10-1-11(5-14)3-12(2-10)6-14/h10-12H,1-9H2,(H2,15,16,18). The second-order valence-electron chi connectivity index (χ2n) is 7.25. The van der Waals surface area contributed by atoms with E-state index in [0.29, 0.717) is 5.41 Å². The van der Waals surface area contributed by atoms with Gasteiger partial charge < -0.3 is 10.6 Å². The molecule has 4 bridgehead atoms. The topological polar surface area (TPSA) is 27.3 Å². The van der Waals surface area contributed by atoms with Gasteiger partial charge in [-0.15, -0.1) is 0 Å². The zero-order chi connectivity index (χ0) is 12.2. The van der Waals surface area contributed by atoms with Crippen molar-refractivity contribution in [1.29, 1.82) is 0 Å². The van der Waals surface area contributed by atoms with Crippen LogP contribution in [0.5, 0.6) is 0 Å². The van der Waals surface area contributed by atoms with Crippen LogP contribution in [0, 0.1) is 23.2 Å². The molecular formula is C14H23N3S. The maximum Gasteiger partial charge on any atom is 0.168 e. The van der Waals surface area contributed by atoms with E-state index in [4.69, 9.17) is 12.2 Å². The van der Waals surface area contributed by atoms with Crippen molar-refractivity contribution in [3.8, 4) is 0 Å². The lowest BCUT2D eigenvalue weighted by atomic mass is 9.49. The zero-order valence-corrected chi connectivity index (χ0v) is 11.8. The first kappa shape index (κ1) is 11.5. The van der Waals surface area contributed by atoms with Gasteiger partial charge >= 0.3 is 0 Å². The lowest BCUT2D eigenvalue weighted by Gasteiger charge is -2.58. The second-order valence-corrected chi connectivity index (χ2v) is 7.65. The Labute approximate surface area is 115 Å². The van der Waals surface area contributed by atoms with E-state index in [-0.39, 0.29) is 0 Å². The molecule has 0 aromatic carbocycles. The van der Waals surface area contributed by atoms with Crippen molar-refractivity contribution in [1.82, 2.24) is 15.5 Å². The normalized spacial score (nSPS) is 46.9. The third-order valence-corrected chi connectivity index (χ3v) is 5.94. The Balaban J connectivity index is 1.46. The largest absolute Gasteiger partial charge is 0.350 e. The summed E-state index contributed by atoms with van der Waals surface area (Å²) in [5.74, 6) is 3.18. The lowest BCUT2D eigenvalue weighted by molar-refractivity contribution is -0.0706. The molecule has 100 valence electrons. The molecule has 3 nitrogen and oxygen atoms in total. The molecule has 0 amide bonds. The maximum absolute atomic E-state index is 5.13. The quantitative estimate of drug-likeness (QED) is 0.746. The number of hydrogen-bond acceptors (Lipinski definition) is 2. The van der Waals surface area contributed by atoms with Gasteiger partial charge in [-0.05, 0) is 73.9 Å². The van der Waals surface area contributed by atoms with E-state index < -0.39 is 0 Å². The van der Waals surface area contributed by atoms with E-state index in [1.165, 1.54) is 25.8 Å². The molecule has 0 aromatic rings. The molecule has 18 heavy (non-hydrogen) atoms. The molecule has 4 saturated carbocycles. The SMILES string of the molecule is S=C1NCN(CC23CC4CC(CC(C4)C2)C3)CN1. The second kappa shape index (κ2) is 4.07. The van der Waals surface area contributed by atoms with Gasteiger partial charge in [0.25, 0.3) is 0 Å². The fourth-order valence-corrected chi connectivity index (χ4v) is 5.68. The molecule has 5 rings (SSSR count). The van der Waals surface area contributed by atoms with Crippen LogP contribution in [-0.2, 0) is 0 Å². The molecule has 2 N–H and O–H groups in total. The Morgan fingerprint density at radius 3 is 2.00 bits per heavy atom. The molecule has 0 radical (unpaired) electrons. The Hall–Kier alpha value is -0.350. The zero-order valence-electron chi connectivity index (χ0n) is 11.0. The van der Waals surface area contributed by atoms with E-state index >= 15 is 0 Å². The third kappa shape index (κ3) is 1.94. The van der Waals surface area contributed by atoms with Crippen LogP contribution in [0.15, 0.2) is 0 Å². The molecule has 1 heterocycles. The Morgan fingerprint density at radius 1 is 1.00 bits per heavy atom. The minimum absolute atomic E-state index is 0.650. The van der Waals surface area contributed by atoms with Crippen LogP contribution >= 0.6 is 12.2 Å². The fourth-order valence-electron chi connectivity index (χ4n) is 5.56. The Morgan fingerprint density at radius 2 is 1.50 bits per heavy atom. The first-order valence-corrected chi connectivity index (χ1v) is 7.86. The van der Waals surface area contributed by atoms with Gasteiger partial charge in [-0.2, -0.15) is 0 Å². The first-order chi connectivity index (χ1) is 8.71. The van der Waals surface area contributed by atoms with Gasteiger partial charge in [0.15, 0.2) is 5.11 Å². The van der Waals surface area contributed by atoms with E-state index in [1.807, 2.05) is 0 Å². The molecule has 0 atom stereocenters. The van der Waals surface area contributed by atoms with Gasteiger partial charge in [-0.1, -0.05) is 0 Å². The van der Waals surface area contributed by atoms with Crippen LogP contribution in [0.1, 0.15) is 38.5 Å². The van der Waals surface area contributed by atoms with Crippen LogP contribution < -0.4 is 10.6 Å². The molecule has 4 aliphatic carbocycles. The van der Waals surface area contributed by atoms with Crippen LogP contribution in [-0.4, -0.2) is 29.9 Å². The van der Waals surface area contributed by atoms with E-state index in [1.54, 1.807) is 19.3 Å². The highest BCUT2D eigenvalue weighted by molar-refractivity contribution is 7.80. The fraction of sp³-hybridized carbons (Fsp3) is 0.929. The van der Waals surface area contributed by atoms with Crippen molar-refractivity contribution in [3.63, 3.8) is 0 Å². The highest BCUT2D eigenvalue weighted by atomic mass is 32.1. The monoisotopic (exact) mass is 265 g/mol. The molecule has 0 unspecified atom stereocenters. The van der Waals surface area contributed by atoms with Gasteiger partial charge in [-0.3, -0.25) is 4.90 Å². The average molecular weight is 265 g/mol. The van der Waals surface area contributed by atoms with E-state index in [2.05, 4.69) is 15.5 Å². The maximum atomic E-state index is 5.13. The number of nitrogens with zero attached hydrogens (tertiary/aromatic N) is 1. The molecule has 1 saturated heterocycles. The molecule has 5 aliphatic rings. The summed E-state index contributed by atoms with van der Waals surface area (Å²) < 4.78 is 0. The summed E-state index contributed by atoms with van der Waals surface area (Å²) in [6, 6.07) is 0. The van der Waals surface area contributed by atoms with Gasteiger partial charge in [0.1, 0.15) is 0 Å². The lowest BCUT2D eigenvalue weighted by Crippen LogP contribution is -2.58. The summed E-state index contributed by atoms with van der Waals surface area (Å²) in [5.41, 5.74) is 0.650. The van der Waals surface area contributed by atoms with E-state index in [0.717, 1.165) is 36.2 Å². The summed E-state index contributed by atoms with van der Waals surface area (Å²) in [6.45, 7) is 3.15. The molecule has 4 heteroatoms. The minimum atomic E-state index is 0.650. The number of hydrogen-bond donors (Lipinski definition) is 2. The van der Waals surface area contributed by atoms with Crippen molar-refractivity contribution in [3.05, 3.63) is 0 Å². The summed E-state index contributed by atoms with van der Waals surface area (Å²) in [7, 11) is 0. The van der Waals surface area contributed by atoms with Gasteiger partial charge in [-0.25, -0.2) is 0 Å². The smallest absolute Gasteiger partial charge is 0.168 e. The number of thiocarbonyl (C=S) groups is 1. The van der Waals surface area contributed by atoms with Crippen molar-refractivity contribution in [2.75, 3.05) is 19.9 Å². The van der Waals surface area contributed by atoms with Crippen LogP contribution in [0.3, 0.4) is 0 Å². The van der Waals surface area contributed by atoms with Crippen LogP contribution in [0.25, 0.3) is 0 Å². The third-order valence-electron chi connectivity index (χ3n) is 5.65. The number of nitrogens with one attached hydrogen (secondary N) is 2. The van der Waals surface area contributed by atoms with Crippen LogP contribution in [0.4, 0.5) is 0 Å². The predicted molar refractivity (Wildman–Crippen MR) is 75.9 cm³/mol. The summed E-state index contributed by atoms with van der Waals surface area (Å²) in [6.07, 6.45) is 9.12. The van der Waals surface area contributed by atoms with Gasteiger partial charge in [0.05, 0.1) is 13.3 Å². The Kier molecular flexibility index (Phi) is 2.60. The molecular weight excluding hydrogens is 242 g/mol. The summed E-state index contributed by atoms with van der Waals surface area (Å²) in [5, 5.41) is 7.34. The summed E-state index contributed by atoms with van der Waals surface area (Å²) in [4.78, 5) is 2.52. The summed E-state index contributed by atoms with van der Waals surface area (Å²) >= 11 is 5.13. The van der Waals surface area contributed by atoms with Crippen molar-refractivity contribution in [2.24, 2.45) is 23.2 Å². The average Bonchev–Trinajstić information content (AvgIpc) is 2.30. The van der Waals surface area contributed by atoms with E-state index in [9.17, 15) is 0 Å². The van der Waals surface area contributed by atoms with Crippen LogP contribution in [0.2, 0.25) is 0 Å². The first-order valence-electron chi connectivity index (χ1n) is 7.45. The highest BCUT2D eigenvalue weighted by Crippen LogP contribution is 2.60. The predicted octanol–water partition coefficient (Wildman–Crippen LogP) is 1.90. The molecule has 0 spiro atoms. The Bertz CT molecular complexity index is 323. The van der Waals surface area contributed by atoms with Gasteiger partial charge in [0.2, 0.25) is 0 Å². The van der Waals surface area contributed by atoms with Crippen molar-refractivity contribution < 1.29 is 0 Å². The van der Waals surface area contributed by atoms with Crippen molar-refractivity contribution in [2.45, 2.75) is 38.5 Å². The molecule has 5 fully saturated rings. The number of rotatable bonds is 2. The van der Waals surface area contributed by atoms with Gasteiger partial charge in [0, 0.05) is 6.54 Å².